The van der Waals surface area contributed by atoms with Crippen LogP contribution in [0.2, 0.25) is 0 Å². The third-order valence-electron chi connectivity index (χ3n) is 3.67. The molecule has 0 aromatic heterocycles. The van der Waals surface area contributed by atoms with E-state index in [1.807, 2.05) is 0 Å². The molecule has 2 nitrogen and oxygen atoms in total. The lowest BCUT2D eigenvalue weighted by Crippen LogP contribution is -2.43. The van der Waals surface area contributed by atoms with E-state index in [0.717, 1.165) is 19.6 Å². The van der Waals surface area contributed by atoms with Crippen LogP contribution in [-0.2, 0) is 6.54 Å². The molecule has 0 aliphatic carbocycles. The Morgan fingerprint density at radius 1 is 1.16 bits per heavy atom. The van der Waals surface area contributed by atoms with E-state index in [-0.39, 0.29) is 0 Å². The van der Waals surface area contributed by atoms with Crippen LogP contribution in [0.1, 0.15) is 38.3 Å². The highest BCUT2D eigenvalue weighted by atomic mass is 15.1. The van der Waals surface area contributed by atoms with Crippen molar-refractivity contribution in [3.05, 3.63) is 35.4 Å². The summed E-state index contributed by atoms with van der Waals surface area (Å²) in [4.78, 5) is 2.47. The minimum Gasteiger partial charge on any atom is -0.315 e. The Morgan fingerprint density at radius 3 is 2.32 bits per heavy atom. The van der Waals surface area contributed by atoms with Crippen molar-refractivity contribution in [2.45, 2.75) is 46.7 Å². The highest BCUT2D eigenvalue weighted by Crippen LogP contribution is 2.13. The van der Waals surface area contributed by atoms with Crippen LogP contribution in [0, 0.1) is 12.8 Å². The standard InChI is InChI=1S/C17H30N2/c1-6-11-18-12-17(14(2)3)19(5)13-16-9-7-15(4)8-10-16/h7-10,14,17-18H,6,11-13H2,1-5H3. The van der Waals surface area contributed by atoms with Gasteiger partial charge in [-0.15, -0.1) is 0 Å². The molecule has 0 spiro atoms. The summed E-state index contributed by atoms with van der Waals surface area (Å²) in [5, 5.41) is 3.55. The van der Waals surface area contributed by atoms with Gasteiger partial charge in [0.05, 0.1) is 0 Å². The van der Waals surface area contributed by atoms with Crippen molar-refractivity contribution in [3.63, 3.8) is 0 Å². The molecule has 19 heavy (non-hydrogen) atoms. The summed E-state index contributed by atoms with van der Waals surface area (Å²) in [6.07, 6.45) is 1.20. The molecule has 0 amide bonds. The van der Waals surface area contributed by atoms with Crippen LogP contribution in [0.4, 0.5) is 0 Å². The van der Waals surface area contributed by atoms with Crippen molar-refractivity contribution in [1.29, 1.82) is 0 Å². The van der Waals surface area contributed by atoms with Crippen LogP contribution in [0.25, 0.3) is 0 Å². The maximum atomic E-state index is 3.55. The van der Waals surface area contributed by atoms with Gasteiger partial charge in [0.15, 0.2) is 0 Å². The normalized spacial score (nSPS) is 13.2. The lowest BCUT2D eigenvalue weighted by molar-refractivity contribution is 0.180. The summed E-state index contributed by atoms with van der Waals surface area (Å²) in [5.74, 6) is 0.666. The van der Waals surface area contributed by atoms with Crippen LogP contribution >= 0.6 is 0 Å². The maximum absolute atomic E-state index is 3.55. The first kappa shape index (κ1) is 16.2. The van der Waals surface area contributed by atoms with Crippen LogP contribution in [0.15, 0.2) is 24.3 Å². The summed E-state index contributed by atoms with van der Waals surface area (Å²) in [6.45, 7) is 12.2. The smallest absolute Gasteiger partial charge is 0.0244 e. The monoisotopic (exact) mass is 262 g/mol. The van der Waals surface area contributed by atoms with E-state index in [0.29, 0.717) is 12.0 Å². The third-order valence-corrected chi connectivity index (χ3v) is 3.67. The number of likely N-dealkylation sites (N-methyl/N-ethyl adjacent to an activating group) is 1. The van der Waals surface area contributed by atoms with Gasteiger partial charge in [-0.3, -0.25) is 4.90 Å². The van der Waals surface area contributed by atoms with Crippen LogP contribution < -0.4 is 5.32 Å². The second-order valence-electron chi connectivity index (χ2n) is 5.92. The molecular formula is C17H30N2. The van der Waals surface area contributed by atoms with Gasteiger partial charge in [-0.1, -0.05) is 50.6 Å². The molecule has 1 aromatic carbocycles. The number of benzene rings is 1. The zero-order valence-electron chi connectivity index (χ0n) is 13.2. The molecule has 0 radical (unpaired) electrons. The van der Waals surface area contributed by atoms with Gasteiger partial charge in [-0.2, -0.15) is 0 Å². The first-order chi connectivity index (χ1) is 9.04. The highest BCUT2D eigenvalue weighted by molar-refractivity contribution is 5.21. The number of rotatable bonds is 8. The summed E-state index contributed by atoms with van der Waals surface area (Å²) in [5.41, 5.74) is 2.73. The van der Waals surface area contributed by atoms with E-state index in [9.17, 15) is 0 Å². The quantitative estimate of drug-likeness (QED) is 0.722. The fraction of sp³-hybridized carbons (Fsp3) is 0.647. The Kier molecular flexibility index (Phi) is 7.11. The molecule has 0 saturated carbocycles. The number of nitrogens with zero attached hydrogens (tertiary/aromatic N) is 1. The molecular weight excluding hydrogens is 232 g/mol. The lowest BCUT2D eigenvalue weighted by Gasteiger charge is -2.31. The minimum atomic E-state index is 0.591. The summed E-state index contributed by atoms with van der Waals surface area (Å²) in [7, 11) is 2.23. The van der Waals surface area contributed by atoms with Gasteiger partial charge >= 0.3 is 0 Å². The predicted octanol–water partition coefficient (Wildman–Crippen LogP) is 3.45. The molecule has 2 heteroatoms. The Bertz CT molecular complexity index is 343. The second-order valence-corrected chi connectivity index (χ2v) is 5.92. The van der Waals surface area contributed by atoms with Crippen LogP contribution in [0.3, 0.4) is 0 Å². The maximum Gasteiger partial charge on any atom is 0.0244 e. The number of aryl methyl sites for hydroxylation is 1. The molecule has 0 aliphatic heterocycles. The summed E-state index contributed by atoms with van der Waals surface area (Å²) >= 11 is 0. The van der Waals surface area contributed by atoms with Crippen molar-refractivity contribution in [2.24, 2.45) is 5.92 Å². The van der Waals surface area contributed by atoms with Crippen molar-refractivity contribution in [3.8, 4) is 0 Å². The van der Waals surface area contributed by atoms with Gasteiger partial charge in [0.1, 0.15) is 0 Å². The van der Waals surface area contributed by atoms with Gasteiger partial charge in [0, 0.05) is 19.1 Å². The fourth-order valence-electron chi connectivity index (χ4n) is 2.43. The SMILES string of the molecule is CCCNCC(C(C)C)N(C)Cc1ccc(C)cc1. The third kappa shape index (κ3) is 5.75. The van der Waals surface area contributed by atoms with Gasteiger partial charge in [0.2, 0.25) is 0 Å². The van der Waals surface area contributed by atoms with Crippen LogP contribution in [-0.4, -0.2) is 31.1 Å². The zero-order chi connectivity index (χ0) is 14.3. The van der Waals surface area contributed by atoms with Gasteiger partial charge in [0.25, 0.3) is 0 Å². The van der Waals surface area contributed by atoms with Gasteiger partial charge < -0.3 is 5.32 Å². The first-order valence-electron chi connectivity index (χ1n) is 7.51. The molecule has 0 saturated heterocycles. The predicted molar refractivity (Wildman–Crippen MR) is 84.4 cm³/mol. The van der Waals surface area contributed by atoms with Gasteiger partial charge in [-0.25, -0.2) is 0 Å². The van der Waals surface area contributed by atoms with Gasteiger partial charge in [-0.05, 0) is 38.4 Å². The minimum absolute atomic E-state index is 0.591. The van der Waals surface area contributed by atoms with E-state index < -0.39 is 0 Å². The number of nitrogens with one attached hydrogen (secondary N) is 1. The lowest BCUT2D eigenvalue weighted by atomic mass is 10.0. The van der Waals surface area contributed by atoms with Crippen molar-refractivity contribution >= 4 is 0 Å². The molecule has 1 rings (SSSR count). The van der Waals surface area contributed by atoms with E-state index in [1.165, 1.54) is 17.5 Å². The Morgan fingerprint density at radius 2 is 1.79 bits per heavy atom. The van der Waals surface area contributed by atoms with Crippen molar-refractivity contribution < 1.29 is 0 Å². The van der Waals surface area contributed by atoms with E-state index >= 15 is 0 Å². The van der Waals surface area contributed by atoms with Crippen LogP contribution in [0.5, 0.6) is 0 Å². The zero-order valence-corrected chi connectivity index (χ0v) is 13.2. The van der Waals surface area contributed by atoms with Crippen molar-refractivity contribution in [1.82, 2.24) is 10.2 Å². The molecule has 1 atom stereocenters. The molecule has 1 unspecified atom stereocenters. The molecule has 0 aliphatic rings. The Labute approximate surface area is 119 Å². The topological polar surface area (TPSA) is 15.3 Å². The van der Waals surface area contributed by atoms with E-state index in [2.05, 4.69) is 69.2 Å². The largest absolute Gasteiger partial charge is 0.315 e. The number of hydrogen-bond acceptors (Lipinski definition) is 2. The average Bonchev–Trinajstić information content (AvgIpc) is 2.37. The Hall–Kier alpha value is -0.860. The number of hydrogen-bond donors (Lipinski definition) is 1. The Balaban J connectivity index is 2.55. The molecule has 1 N–H and O–H groups in total. The van der Waals surface area contributed by atoms with E-state index in [4.69, 9.17) is 0 Å². The average molecular weight is 262 g/mol. The second kappa shape index (κ2) is 8.34. The molecule has 0 fully saturated rings. The summed E-state index contributed by atoms with van der Waals surface area (Å²) in [6, 6.07) is 9.46. The molecule has 108 valence electrons. The van der Waals surface area contributed by atoms with E-state index in [1.54, 1.807) is 0 Å². The highest BCUT2D eigenvalue weighted by Gasteiger charge is 2.18. The molecule has 0 bridgehead atoms. The molecule has 1 aromatic rings. The molecule has 0 heterocycles. The van der Waals surface area contributed by atoms with Crippen molar-refractivity contribution in [2.75, 3.05) is 20.1 Å². The summed E-state index contributed by atoms with van der Waals surface area (Å²) < 4.78 is 0. The fourth-order valence-corrected chi connectivity index (χ4v) is 2.43. The first-order valence-corrected chi connectivity index (χ1v) is 7.51.